The maximum atomic E-state index is 13.4. The number of hydrogen-bond donors (Lipinski definition) is 2. The molecule has 2 atom stereocenters. The topological polar surface area (TPSA) is 98.4 Å². The first-order valence-corrected chi connectivity index (χ1v) is 14.9. The summed E-state index contributed by atoms with van der Waals surface area (Å²) in [4.78, 5) is 13.4. The molecular weight excluding hydrogens is 538 g/mol. The molecule has 43 heavy (non-hydrogen) atoms. The molecule has 0 saturated heterocycles. The second kappa shape index (κ2) is 11.2. The highest BCUT2D eigenvalue weighted by atomic mass is 16.5. The van der Waals surface area contributed by atoms with E-state index in [0.29, 0.717) is 5.82 Å². The molecule has 3 heterocycles. The lowest BCUT2D eigenvalue weighted by molar-refractivity contribution is 0.171. The number of urea groups is 1. The van der Waals surface area contributed by atoms with E-state index in [1.165, 1.54) is 0 Å². The summed E-state index contributed by atoms with van der Waals surface area (Å²) >= 11 is 0. The molecule has 1 aliphatic carbocycles. The molecule has 1 aliphatic rings. The molecule has 6 rings (SSSR count). The van der Waals surface area contributed by atoms with Crippen LogP contribution < -0.4 is 15.4 Å². The SMILES string of the molecule is Cc1ccc(-n2nc(C(C)(C)C)cc2NC(=O)NC2CCC(Oc3ccc4nnc(C(C)C)n4c3)c3ccccc32)cc1. The van der Waals surface area contributed by atoms with Crippen molar-refractivity contribution in [1.82, 2.24) is 29.7 Å². The van der Waals surface area contributed by atoms with Gasteiger partial charge in [-0.1, -0.05) is 76.6 Å². The van der Waals surface area contributed by atoms with Gasteiger partial charge in [0.1, 0.15) is 23.5 Å². The number of hydrogen-bond acceptors (Lipinski definition) is 5. The van der Waals surface area contributed by atoms with Gasteiger partial charge < -0.3 is 10.1 Å². The lowest BCUT2D eigenvalue weighted by Crippen LogP contribution is -2.36. The van der Waals surface area contributed by atoms with Crippen LogP contribution in [0, 0.1) is 6.92 Å². The highest BCUT2D eigenvalue weighted by Crippen LogP contribution is 2.39. The standard InChI is InChI=1S/C34H39N7O2/c1-21(2)32-38-37-30-18-15-24(20-40(30)32)43-28-17-16-27(25-9-7-8-10-26(25)28)35-33(42)36-31-19-29(34(4,5)6)39-41(31)23-13-11-22(3)12-14-23/h7-15,18-21,27-28H,16-17H2,1-6H3,(H2,35,36,42). The van der Waals surface area contributed by atoms with Crippen molar-refractivity contribution in [3.8, 4) is 11.4 Å². The van der Waals surface area contributed by atoms with Gasteiger partial charge in [-0.3, -0.25) is 9.72 Å². The molecule has 222 valence electrons. The van der Waals surface area contributed by atoms with Crippen LogP contribution in [0.2, 0.25) is 0 Å². The third-order valence-corrected chi connectivity index (χ3v) is 7.94. The number of amides is 2. The van der Waals surface area contributed by atoms with E-state index >= 15 is 0 Å². The van der Waals surface area contributed by atoms with E-state index < -0.39 is 0 Å². The van der Waals surface area contributed by atoms with E-state index in [0.717, 1.165) is 58.1 Å². The van der Waals surface area contributed by atoms with Crippen LogP contribution in [0.25, 0.3) is 11.3 Å². The lowest BCUT2D eigenvalue weighted by atomic mass is 9.85. The van der Waals surface area contributed by atoms with Gasteiger partial charge in [-0.2, -0.15) is 5.10 Å². The van der Waals surface area contributed by atoms with E-state index in [2.05, 4.69) is 74.5 Å². The minimum absolute atomic E-state index is 0.133. The number of aryl methyl sites for hydroxylation is 1. The van der Waals surface area contributed by atoms with Gasteiger partial charge in [0.15, 0.2) is 5.65 Å². The highest BCUT2D eigenvalue weighted by Gasteiger charge is 2.30. The summed E-state index contributed by atoms with van der Waals surface area (Å²) in [6.07, 6.45) is 3.33. The number of carbonyl (C=O) groups is 1. The number of anilines is 1. The van der Waals surface area contributed by atoms with Crippen LogP contribution in [0.15, 0.2) is 72.9 Å². The van der Waals surface area contributed by atoms with Crippen LogP contribution in [-0.4, -0.2) is 30.4 Å². The van der Waals surface area contributed by atoms with Gasteiger partial charge in [-0.05, 0) is 55.2 Å². The summed E-state index contributed by atoms with van der Waals surface area (Å²) in [7, 11) is 0. The zero-order valence-electron chi connectivity index (χ0n) is 25.6. The Kier molecular flexibility index (Phi) is 7.42. The highest BCUT2D eigenvalue weighted by molar-refractivity contribution is 5.89. The number of nitrogens with one attached hydrogen (secondary N) is 2. The van der Waals surface area contributed by atoms with Crippen LogP contribution in [-0.2, 0) is 5.41 Å². The minimum Gasteiger partial charge on any atom is -0.484 e. The van der Waals surface area contributed by atoms with Crippen molar-refractivity contribution < 1.29 is 9.53 Å². The number of rotatable bonds is 6. The van der Waals surface area contributed by atoms with E-state index in [9.17, 15) is 4.79 Å². The first-order valence-electron chi connectivity index (χ1n) is 14.9. The molecule has 2 N–H and O–H groups in total. The Bertz CT molecular complexity index is 1760. The molecule has 9 heteroatoms. The summed E-state index contributed by atoms with van der Waals surface area (Å²) in [6.45, 7) is 12.6. The molecule has 0 radical (unpaired) electrons. The smallest absolute Gasteiger partial charge is 0.320 e. The molecule has 0 spiro atoms. The van der Waals surface area contributed by atoms with E-state index in [1.807, 2.05) is 65.2 Å². The van der Waals surface area contributed by atoms with Gasteiger partial charge in [0.2, 0.25) is 0 Å². The molecular formula is C34H39N7O2. The average Bonchev–Trinajstić information content (AvgIpc) is 3.59. The fraction of sp³-hybridized carbons (Fsp3) is 0.353. The van der Waals surface area contributed by atoms with Crippen LogP contribution >= 0.6 is 0 Å². The Balaban J connectivity index is 1.21. The van der Waals surface area contributed by atoms with Gasteiger partial charge in [0, 0.05) is 17.4 Å². The minimum atomic E-state index is -0.271. The fourth-order valence-electron chi connectivity index (χ4n) is 5.57. The van der Waals surface area contributed by atoms with Gasteiger partial charge >= 0.3 is 6.03 Å². The fourth-order valence-corrected chi connectivity index (χ4v) is 5.57. The third-order valence-electron chi connectivity index (χ3n) is 7.94. The number of nitrogens with zero attached hydrogens (tertiary/aromatic N) is 5. The zero-order valence-corrected chi connectivity index (χ0v) is 25.6. The summed E-state index contributed by atoms with van der Waals surface area (Å²) in [5, 5.41) is 19.7. The summed E-state index contributed by atoms with van der Waals surface area (Å²) in [6, 6.07) is 21.7. The Morgan fingerprint density at radius 1 is 0.977 bits per heavy atom. The van der Waals surface area contributed by atoms with E-state index in [-0.39, 0.29) is 29.5 Å². The van der Waals surface area contributed by atoms with Crippen molar-refractivity contribution in [3.05, 3.63) is 101 Å². The van der Waals surface area contributed by atoms with Crippen molar-refractivity contribution in [2.75, 3.05) is 5.32 Å². The molecule has 3 aromatic heterocycles. The Hall–Kier alpha value is -4.66. The molecule has 0 saturated carbocycles. The lowest BCUT2D eigenvalue weighted by Gasteiger charge is -2.32. The number of pyridine rings is 1. The molecule has 2 aromatic carbocycles. The van der Waals surface area contributed by atoms with Crippen molar-refractivity contribution in [3.63, 3.8) is 0 Å². The van der Waals surface area contributed by atoms with Crippen LogP contribution in [0.5, 0.6) is 5.75 Å². The van der Waals surface area contributed by atoms with Crippen LogP contribution in [0.1, 0.15) is 93.7 Å². The Morgan fingerprint density at radius 3 is 2.44 bits per heavy atom. The number of fused-ring (bicyclic) bond motifs is 2. The van der Waals surface area contributed by atoms with Crippen molar-refractivity contribution in [1.29, 1.82) is 0 Å². The van der Waals surface area contributed by atoms with Gasteiger partial charge in [-0.15, -0.1) is 10.2 Å². The number of benzene rings is 2. The second-order valence-electron chi connectivity index (χ2n) is 12.7. The number of ether oxygens (including phenoxy) is 1. The molecule has 0 aliphatic heterocycles. The van der Waals surface area contributed by atoms with Crippen molar-refractivity contribution in [2.24, 2.45) is 0 Å². The molecule has 0 fully saturated rings. The number of aromatic nitrogens is 5. The molecule has 9 nitrogen and oxygen atoms in total. The summed E-state index contributed by atoms with van der Waals surface area (Å²) < 4.78 is 10.3. The predicted octanol–water partition coefficient (Wildman–Crippen LogP) is 7.42. The quantitative estimate of drug-likeness (QED) is 0.219. The molecule has 2 amide bonds. The average molecular weight is 578 g/mol. The van der Waals surface area contributed by atoms with Crippen LogP contribution in [0.4, 0.5) is 10.6 Å². The van der Waals surface area contributed by atoms with E-state index in [1.54, 1.807) is 4.68 Å². The van der Waals surface area contributed by atoms with Crippen LogP contribution in [0.3, 0.4) is 0 Å². The second-order valence-corrected chi connectivity index (χ2v) is 12.7. The van der Waals surface area contributed by atoms with Gasteiger partial charge in [-0.25, -0.2) is 9.48 Å². The summed E-state index contributed by atoms with van der Waals surface area (Å²) in [5.74, 6) is 2.53. The third kappa shape index (κ3) is 5.84. The normalized spacial score (nSPS) is 16.7. The number of carbonyl (C=O) groups excluding carboxylic acids is 1. The van der Waals surface area contributed by atoms with Gasteiger partial charge in [0.25, 0.3) is 0 Å². The monoisotopic (exact) mass is 577 g/mol. The Morgan fingerprint density at radius 2 is 1.72 bits per heavy atom. The predicted molar refractivity (Wildman–Crippen MR) is 168 cm³/mol. The van der Waals surface area contributed by atoms with Gasteiger partial charge in [0.05, 0.1) is 23.6 Å². The Labute approximate surface area is 252 Å². The molecule has 0 bridgehead atoms. The first kappa shape index (κ1) is 28.5. The first-order chi connectivity index (χ1) is 20.6. The maximum Gasteiger partial charge on any atom is 0.320 e. The largest absolute Gasteiger partial charge is 0.484 e. The maximum absolute atomic E-state index is 13.4. The summed E-state index contributed by atoms with van der Waals surface area (Å²) in [5.41, 5.74) is 5.72. The van der Waals surface area contributed by atoms with Crippen molar-refractivity contribution in [2.45, 2.75) is 77.9 Å². The van der Waals surface area contributed by atoms with Crippen molar-refractivity contribution >= 4 is 17.5 Å². The molecule has 5 aromatic rings. The zero-order chi connectivity index (χ0) is 30.3. The molecule has 2 unspecified atom stereocenters. The van der Waals surface area contributed by atoms with E-state index in [4.69, 9.17) is 9.84 Å².